The summed E-state index contributed by atoms with van der Waals surface area (Å²) in [6.07, 6.45) is 1.09. The van der Waals surface area contributed by atoms with Crippen LogP contribution in [0, 0.1) is 16.6 Å². The van der Waals surface area contributed by atoms with Gasteiger partial charge in [0.15, 0.2) is 11.6 Å². The second kappa shape index (κ2) is 9.57. The van der Waals surface area contributed by atoms with Gasteiger partial charge in [0.25, 0.3) is 0 Å². The molecule has 0 fully saturated rings. The zero-order chi connectivity index (χ0) is 26.3. The minimum Gasteiger partial charge on any atom is -0.512 e. The standard InChI is InChI=1S/C30H33FO5/c1-29(2)13-22(32)27(23(33)14-29)26(28-24(34)15-30(3,4)16-25(28)35)18-9-11-20(12-10-18)36-17-19-7-5-6-8-21(19)31/h5-12,26,32,34H,13-17H2,1-4H3. The Morgan fingerprint density at radius 1 is 0.806 bits per heavy atom. The number of ketones is 2. The van der Waals surface area contributed by atoms with Crippen molar-refractivity contribution in [3.8, 4) is 5.75 Å². The molecule has 0 radical (unpaired) electrons. The van der Waals surface area contributed by atoms with Crippen LogP contribution in [0.1, 0.15) is 70.4 Å². The first-order valence-electron chi connectivity index (χ1n) is 12.2. The van der Waals surface area contributed by atoms with Crippen LogP contribution < -0.4 is 4.74 Å². The lowest BCUT2D eigenvalue weighted by atomic mass is 9.67. The molecule has 0 saturated carbocycles. The average Bonchev–Trinajstić information content (AvgIpc) is 2.75. The molecule has 2 aliphatic rings. The van der Waals surface area contributed by atoms with E-state index in [1.807, 2.05) is 27.7 Å². The molecule has 0 aliphatic heterocycles. The van der Waals surface area contributed by atoms with Gasteiger partial charge in [0, 0.05) is 48.3 Å². The zero-order valence-corrected chi connectivity index (χ0v) is 21.2. The first kappa shape index (κ1) is 25.7. The van der Waals surface area contributed by atoms with Crippen LogP contribution in [0.3, 0.4) is 0 Å². The van der Waals surface area contributed by atoms with Gasteiger partial charge in [-0.3, -0.25) is 9.59 Å². The first-order valence-corrected chi connectivity index (χ1v) is 12.2. The number of carbonyl (C=O) groups excluding carboxylic acids is 2. The lowest BCUT2D eigenvalue weighted by Crippen LogP contribution is -2.33. The van der Waals surface area contributed by atoms with Gasteiger partial charge < -0.3 is 14.9 Å². The number of carbonyl (C=O) groups is 2. The summed E-state index contributed by atoms with van der Waals surface area (Å²) < 4.78 is 19.7. The van der Waals surface area contributed by atoms with E-state index >= 15 is 0 Å². The summed E-state index contributed by atoms with van der Waals surface area (Å²) in [6.45, 7) is 7.72. The Labute approximate surface area is 211 Å². The normalized spacial score (nSPS) is 19.7. The van der Waals surface area contributed by atoms with Gasteiger partial charge in [-0.05, 0) is 34.6 Å². The maximum atomic E-state index is 13.9. The number of hydrogen-bond donors (Lipinski definition) is 2. The smallest absolute Gasteiger partial charge is 0.163 e. The fraction of sp³-hybridized carbons (Fsp3) is 0.400. The largest absolute Gasteiger partial charge is 0.512 e. The monoisotopic (exact) mass is 492 g/mol. The molecule has 2 N–H and O–H groups in total. The average molecular weight is 493 g/mol. The van der Waals surface area contributed by atoms with E-state index in [-0.39, 0.29) is 59.5 Å². The maximum Gasteiger partial charge on any atom is 0.163 e. The van der Waals surface area contributed by atoms with Gasteiger partial charge in [-0.1, -0.05) is 58.0 Å². The highest BCUT2D eigenvalue weighted by atomic mass is 19.1. The molecule has 4 rings (SSSR count). The first-order chi connectivity index (χ1) is 16.9. The summed E-state index contributed by atoms with van der Waals surface area (Å²) in [4.78, 5) is 26.6. The van der Waals surface area contributed by atoms with E-state index in [0.717, 1.165) is 0 Å². The maximum absolute atomic E-state index is 13.9. The van der Waals surface area contributed by atoms with Crippen molar-refractivity contribution in [2.24, 2.45) is 10.8 Å². The van der Waals surface area contributed by atoms with Crippen LogP contribution in [-0.2, 0) is 16.2 Å². The van der Waals surface area contributed by atoms with Gasteiger partial charge in [0.2, 0.25) is 0 Å². The molecule has 190 valence electrons. The molecule has 36 heavy (non-hydrogen) atoms. The molecule has 0 heterocycles. The highest BCUT2D eigenvalue weighted by molar-refractivity contribution is 6.05. The predicted molar refractivity (Wildman–Crippen MR) is 135 cm³/mol. The van der Waals surface area contributed by atoms with E-state index in [9.17, 15) is 24.2 Å². The molecule has 0 aromatic heterocycles. The molecule has 2 aliphatic carbocycles. The third kappa shape index (κ3) is 5.38. The van der Waals surface area contributed by atoms with Gasteiger partial charge in [-0.15, -0.1) is 0 Å². The van der Waals surface area contributed by atoms with Crippen LogP contribution in [0.2, 0.25) is 0 Å². The second-order valence-electron chi connectivity index (χ2n) is 11.5. The van der Waals surface area contributed by atoms with Gasteiger partial charge in [0.1, 0.15) is 29.7 Å². The SMILES string of the molecule is CC1(C)CC(=O)C(C(C2=C(O)CC(C)(C)CC2=O)c2ccc(OCc3ccccc3F)cc2)=C(O)C1. The molecule has 0 saturated heterocycles. The summed E-state index contributed by atoms with van der Waals surface area (Å²) in [5.41, 5.74) is 0.573. The molecule has 0 spiro atoms. The number of hydrogen-bond acceptors (Lipinski definition) is 5. The molecule has 2 aromatic carbocycles. The number of allylic oxidation sites excluding steroid dienone is 4. The van der Waals surface area contributed by atoms with Gasteiger partial charge in [0.05, 0.1) is 0 Å². The van der Waals surface area contributed by atoms with Gasteiger partial charge in [-0.2, -0.15) is 0 Å². The van der Waals surface area contributed by atoms with E-state index in [2.05, 4.69) is 0 Å². The van der Waals surface area contributed by atoms with Crippen molar-refractivity contribution in [3.05, 3.63) is 88.1 Å². The highest BCUT2D eigenvalue weighted by Gasteiger charge is 2.43. The van der Waals surface area contributed by atoms with E-state index in [0.29, 0.717) is 29.7 Å². The van der Waals surface area contributed by atoms with E-state index < -0.39 is 16.7 Å². The molecular formula is C30H33FO5. The molecule has 0 unspecified atom stereocenters. The molecule has 5 nitrogen and oxygen atoms in total. The number of rotatable bonds is 6. The summed E-state index contributed by atoms with van der Waals surface area (Å²) in [7, 11) is 0. The Balaban J connectivity index is 1.72. The number of aliphatic hydroxyl groups is 2. The number of aliphatic hydroxyl groups excluding tert-OH is 2. The Morgan fingerprint density at radius 3 is 1.78 bits per heavy atom. The summed E-state index contributed by atoms with van der Waals surface area (Å²) in [6, 6.07) is 13.2. The topological polar surface area (TPSA) is 83.8 Å². The Kier molecular flexibility index (Phi) is 6.82. The van der Waals surface area contributed by atoms with Crippen LogP contribution in [0.15, 0.2) is 71.2 Å². The third-order valence-electron chi connectivity index (χ3n) is 6.94. The Morgan fingerprint density at radius 2 is 1.31 bits per heavy atom. The third-order valence-corrected chi connectivity index (χ3v) is 6.94. The van der Waals surface area contributed by atoms with Crippen molar-refractivity contribution >= 4 is 11.6 Å². The fourth-order valence-electron chi connectivity index (χ4n) is 5.27. The molecule has 0 atom stereocenters. The van der Waals surface area contributed by atoms with E-state index in [1.165, 1.54) is 6.07 Å². The van der Waals surface area contributed by atoms with Crippen LogP contribution in [-0.4, -0.2) is 21.8 Å². The quantitative estimate of drug-likeness (QED) is 0.459. The van der Waals surface area contributed by atoms with Crippen LogP contribution >= 0.6 is 0 Å². The Bertz CT molecular complexity index is 1200. The summed E-state index contributed by atoms with van der Waals surface area (Å²) >= 11 is 0. The number of ether oxygens (including phenoxy) is 1. The summed E-state index contributed by atoms with van der Waals surface area (Å²) in [5, 5.41) is 22.0. The van der Waals surface area contributed by atoms with Crippen LogP contribution in [0.25, 0.3) is 0 Å². The highest BCUT2D eigenvalue weighted by Crippen LogP contribution is 2.48. The molecule has 6 heteroatoms. The van der Waals surface area contributed by atoms with Crippen molar-refractivity contribution < 1.29 is 28.9 Å². The van der Waals surface area contributed by atoms with Gasteiger partial charge in [-0.25, -0.2) is 4.39 Å². The molecular weight excluding hydrogens is 459 g/mol. The lowest BCUT2D eigenvalue weighted by molar-refractivity contribution is -0.119. The minimum atomic E-state index is -0.877. The summed E-state index contributed by atoms with van der Waals surface area (Å²) in [5.74, 6) is -1.28. The second-order valence-corrected chi connectivity index (χ2v) is 11.5. The molecule has 0 amide bonds. The predicted octanol–water partition coefficient (Wildman–Crippen LogP) is 6.89. The zero-order valence-electron chi connectivity index (χ0n) is 21.2. The Hall–Kier alpha value is -3.41. The van der Waals surface area contributed by atoms with Crippen molar-refractivity contribution in [1.29, 1.82) is 0 Å². The van der Waals surface area contributed by atoms with Crippen molar-refractivity contribution in [1.82, 2.24) is 0 Å². The van der Waals surface area contributed by atoms with Crippen molar-refractivity contribution in [2.75, 3.05) is 0 Å². The lowest BCUT2D eigenvalue weighted by Gasteiger charge is -2.36. The van der Waals surface area contributed by atoms with Crippen molar-refractivity contribution in [2.45, 2.75) is 65.9 Å². The minimum absolute atomic E-state index is 0.0425. The number of Topliss-reactive ketones (excluding diaryl/α,β-unsaturated/α-hetero) is 2. The van der Waals surface area contributed by atoms with Crippen molar-refractivity contribution in [3.63, 3.8) is 0 Å². The van der Waals surface area contributed by atoms with E-state index in [1.54, 1.807) is 42.5 Å². The van der Waals surface area contributed by atoms with E-state index in [4.69, 9.17) is 4.74 Å². The number of benzene rings is 2. The van der Waals surface area contributed by atoms with Crippen LogP contribution in [0.4, 0.5) is 4.39 Å². The van der Waals surface area contributed by atoms with Gasteiger partial charge >= 0.3 is 0 Å². The van der Waals surface area contributed by atoms with Crippen LogP contribution in [0.5, 0.6) is 5.75 Å². The molecule has 2 aromatic rings. The number of halogens is 1. The fourth-order valence-corrected chi connectivity index (χ4v) is 5.27. The molecule has 0 bridgehead atoms.